The normalized spacial score (nSPS) is 14.0. The van der Waals surface area contributed by atoms with Gasteiger partial charge < -0.3 is 0 Å². The predicted molar refractivity (Wildman–Crippen MR) is 54.4 cm³/mol. The molecule has 12 heavy (non-hydrogen) atoms. The molecule has 0 aliphatic carbocycles. The Labute approximate surface area is 77.0 Å². The van der Waals surface area contributed by atoms with Gasteiger partial charge in [0.2, 0.25) is 0 Å². The highest BCUT2D eigenvalue weighted by atomic mass is 14.1. The lowest BCUT2D eigenvalue weighted by atomic mass is 9.92. The number of hydrogen-bond acceptors (Lipinski definition) is 0. The Hall–Kier alpha value is -0.780. The minimum Gasteiger partial charge on any atom is -0.0654 e. The summed E-state index contributed by atoms with van der Waals surface area (Å²) in [7, 11) is 0. The zero-order valence-electron chi connectivity index (χ0n) is 9.01. The Bertz CT molecular complexity index is 238. The molecule has 1 rings (SSSR count). The molecule has 0 nitrogen and oxygen atoms in total. The van der Waals surface area contributed by atoms with Crippen molar-refractivity contribution in [2.24, 2.45) is 0 Å². The highest BCUT2D eigenvalue weighted by molar-refractivity contribution is 5.19. The van der Waals surface area contributed by atoms with Crippen molar-refractivity contribution in [1.29, 1.82) is 0 Å². The minimum absolute atomic E-state index is 0.607. The Balaban J connectivity index is 2.73. The molecule has 0 radical (unpaired) electrons. The first-order valence-corrected chi connectivity index (χ1v) is 4.84. The molecule has 0 amide bonds. The maximum Gasteiger partial charge on any atom is 0.0623 e. The summed E-state index contributed by atoms with van der Waals surface area (Å²) in [5, 5.41) is 0. The monoisotopic (exact) mass is 164 g/mol. The van der Waals surface area contributed by atoms with Crippen LogP contribution in [0.3, 0.4) is 0 Å². The van der Waals surface area contributed by atoms with E-state index in [2.05, 4.69) is 26.0 Å². The molecule has 0 aliphatic heterocycles. The highest BCUT2D eigenvalue weighted by Crippen LogP contribution is 2.23. The Morgan fingerprint density at radius 1 is 1.33 bits per heavy atom. The van der Waals surface area contributed by atoms with Gasteiger partial charge >= 0.3 is 0 Å². The molecule has 1 atom stereocenters. The van der Waals surface area contributed by atoms with Crippen molar-refractivity contribution in [3.05, 3.63) is 35.9 Å². The fourth-order valence-corrected chi connectivity index (χ4v) is 1.63. The van der Waals surface area contributed by atoms with E-state index >= 15 is 0 Å². The smallest absolute Gasteiger partial charge is 0.0623 e. The summed E-state index contributed by atoms with van der Waals surface area (Å²) in [6, 6.07) is 8.55. The minimum atomic E-state index is 0.607. The summed E-state index contributed by atoms with van der Waals surface area (Å²) < 4.78 is 7.39. The second-order valence-corrected chi connectivity index (χ2v) is 3.23. The van der Waals surface area contributed by atoms with E-state index in [0.717, 1.165) is 0 Å². The van der Waals surface area contributed by atoms with E-state index in [-0.39, 0.29) is 0 Å². The SMILES string of the molecule is [3H]c1ccc(C(CC)CCC)cc1. The van der Waals surface area contributed by atoms with Crippen molar-refractivity contribution in [3.63, 3.8) is 0 Å². The third-order valence-electron chi connectivity index (χ3n) is 2.35. The van der Waals surface area contributed by atoms with Crippen LogP contribution < -0.4 is 0 Å². The van der Waals surface area contributed by atoms with Gasteiger partial charge in [-0.25, -0.2) is 0 Å². The molecular formula is C12H18. The lowest BCUT2D eigenvalue weighted by Gasteiger charge is -2.13. The van der Waals surface area contributed by atoms with E-state index in [1.54, 1.807) is 0 Å². The molecule has 0 fully saturated rings. The van der Waals surface area contributed by atoms with Gasteiger partial charge in [0.25, 0.3) is 0 Å². The fraction of sp³-hybridized carbons (Fsp3) is 0.500. The zero-order chi connectivity index (χ0) is 9.68. The van der Waals surface area contributed by atoms with Crippen LogP contribution in [-0.2, 0) is 0 Å². The third kappa shape index (κ3) is 2.37. The van der Waals surface area contributed by atoms with Gasteiger partial charge in [-0.05, 0) is 24.3 Å². The van der Waals surface area contributed by atoms with Crippen LogP contribution in [0.15, 0.2) is 30.3 Å². The molecule has 0 saturated carbocycles. The van der Waals surface area contributed by atoms with Crippen molar-refractivity contribution in [3.8, 4) is 0 Å². The van der Waals surface area contributed by atoms with E-state index in [4.69, 9.17) is 1.37 Å². The van der Waals surface area contributed by atoms with Crippen molar-refractivity contribution in [2.75, 3.05) is 0 Å². The molecule has 1 unspecified atom stereocenters. The van der Waals surface area contributed by atoms with E-state index < -0.39 is 0 Å². The van der Waals surface area contributed by atoms with Crippen LogP contribution in [0, 0.1) is 0 Å². The number of benzene rings is 1. The summed E-state index contributed by atoms with van der Waals surface area (Å²) in [6.45, 7) is 4.45. The van der Waals surface area contributed by atoms with E-state index in [9.17, 15) is 0 Å². The average Bonchev–Trinajstić information content (AvgIpc) is 2.16. The van der Waals surface area contributed by atoms with Crippen LogP contribution in [0.2, 0.25) is 0 Å². The topological polar surface area (TPSA) is 0 Å². The van der Waals surface area contributed by atoms with Gasteiger partial charge in [-0.3, -0.25) is 0 Å². The van der Waals surface area contributed by atoms with Crippen LogP contribution in [0.25, 0.3) is 0 Å². The molecule has 0 spiro atoms. The first kappa shape index (κ1) is 7.85. The molecule has 0 heterocycles. The van der Waals surface area contributed by atoms with Crippen molar-refractivity contribution in [1.82, 2.24) is 0 Å². The largest absolute Gasteiger partial charge is 0.0654 e. The van der Waals surface area contributed by atoms with Crippen molar-refractivity contribution in [2.45, 2.75) is 39.0 Å². The van der Waals surface area contributed by atoms with Gasteiger partial charge in [0.15, 0.2) is 0 Å². The van der Waals surface area contributed by atoms with Crippen molar-refractivity contribution >= 4 is 0 Å². The number of rotatable bonds is 4. The summed E-state index contributed by atoms with van der Waals surface area (Å²) in [5.74, 6) is 0.686. The maximum atomic E-state index is 7.39. The van der Waals surface area contributed by atoms with Crippen LogP contribution >= 0.6 is 0 Å². The van der Waals surface area contributed by atoms with Gasteiger partial charge in [0.05, 0.1) is 1.37 Å². The van der Waals surface area contributed by atoms with Crippen LogP contribution in [0.5, 0.6) is 0 Å². The van der Waals surface area contributed by atoms with Gasteiger partial charge in [-0.1, -0.05) is 50.6 Å². The lowest BCUT2D eigenvalue weighted by molar-refractivity contribution is 0.596. The molecule has 0 N–H and O–H groups in total. The second kappa shape index (κ2) is 4.97. The molecule has 0 heteroatoms. The average molecular weight is 164 g/mol. The van der Waals surface area contributed by atoms with E-state index in [1.807, 2.05) is 12.1 Å². The van der Waals surface area contributed by atoms with Crippen LogP contribution in [-0.4, -0.2) is 0 Å². The molecular weight excluding hydrogens is 144 g/mol. The first-order valence-electron chi connectivity index (χ1n) is 5.34. The van der Waals surface area contributed by atoms with E-state index in [1.165, 1.54) is 24.8 Å². The highest BCUT2D eigenvalue weighted by Gasteiger charge is 2.05. The predicted octanol–water partition coefficient (Wildman–Crippen LogP) is 3.98. The standard InChI is InChI=1S/C12H18/c1-3-8-11(4-2)12-9-6-5-7-10-12/h5-7,9-11H,3-4,8H2,1-2H3/i5T. The zero-order valence-corrected chi connectivity index (χ0v) is 8.01. The molecule has 0 saturated heterocycles. The number of hydrogen-bond donors (Lipinski definition) is 0. The summed E-state index contributed by atoms with van der Waals surface area (Å²) in [4.78, 5) is 0. The summed E-state index contributed by atoms with van der Waals surface area (Å²) >= 11 is 0. The Morgan fingerprint density at radius 2 is 2.00 bits per heavy atom. The van der Waals surface area contributed by atoms with Crippen LogP contribution in [0.4, 0.5) is 0 Å². The van der Waals surface area contributed by atoms with Gasteiger partial charge in [-0.15, -0.1) is 0 Å². The van der Waals surface area contributed by atoms with Crippen LogP contribution in [0.1, 0.15) is 46.0 Å². The van der Waals surface area contributed by atoms with Gasteiger partial charge in [-0.2, -0.15) is 0 Å². The fourth-order valence-electron chi connectivity index (χ4n) is 1.63. The van der Waals surface area contributed by atoms with E-state index in [0.29, 0.717) is 12.0 Å². The first-order chi connectivity index (χ1) is 6.27. The van der Waals surface area contributed by atoms with Gasteiger partial charge in [0, 0.05) is 0 Å². The lowest BCUT2D eigenvalue weighted by Crippen LogP contribution is -1.95. The summed E-state index contributed by atoms with van der Waals surface area (Å²) in [5.41, 5.74) is 1.39. The molecule has 1 aromatic carbocycles. The Kier molecular flexibility index (Phi) is 3.25. The molecule has 0 bridgehead atoms. The molecule has 0 aromatic heterocycles. The van der Waals surface area contributed by atoms with Crippen molar-refractivity contribution < 1.29 is 1.37 Å². The summed E-state index contributed by atoms with van der Waals surface area (Å²) in [6.07, 6.45) is 3.69. The van der Waals surface area contributed by atoms with Gasteiger partial charge in [0.1, 0.15) is 0 Å². The molecule has 0 aliphatic rings. The quantitative estimate of drug-likeness (QED) is 0.631. The maximum absolute atomic E-state index is 7.39. The third-order valence-corrected chi connectivity index (χ3v) is 2.35. The second-order valence-electron chi connectivity index (χ2n) is 3.23. The Morgan fingerprint density at radius 3 is 2.50 bits per heavy atom. The molecule has 66 valence electrons. The molecule has 1 aromatic rings.